The predicted octanol–water partition coefficient (Wildman–Crippen LogP) is 4.66. The number of benzene rings is 1. The van der Waals surface area contributed by atoms with Crippen LogP contribution in [0.1, 0.15) is 48.7 Å². The molecular formula is C24H30N4O. The van der Waals surface area contributed by atoms with Crippen molar-refractivity contribution in [2.75, 3.05) is 18.4 Å². The normalized spacial score (nSPS) is 14.8. The number of nitrogens with one attached hydrogen (secondary N) is 1. The van der Waals surface area contributed by atoms with Crippen molar-refractivity contribution >= 4 is 17.7 Å². The fourth-order valence-electron chi connectivity index (χ4n) is 4.00. The third kappa shape index (κ3) is 4.96. The number of carbonyl (C=O) groups is 1. The number of nitrogens with zero attached hydrogens (tertiary/aromatic N) is 3. The van der Waals surface area contributed by atoms with Crippen molar-refractivity contribution < 1.29 is 4.79 Å². The molecule has 1 fully saturated rings. The molecule has 3 rings (SSSR count). The Morgan fingerprint density at radius 3 is 2.66 bits per heavy atom. The van der Waals surface area contributed by atoms with Crippen molar-refractivity contribution in [1.29, 1.82) is 5.26 Å². The molecule has 0 bridgehead atoms. The Labute approximate surface area is 173 Å². The van der Waals surface area contributed by atoms with E-state index in [1.807, 2.05) is 37.3 Å². The monoisotopic (exact) mass is 390 g/mol. The lowest BCUT2D eigenvalue weighted by Crippen LogP contribution is -2.21. The van der Waals surface area contributed by atoms with E-state index in [9.17, 15) is 10.1 Å². The molecule has 1 saturated heterocycles. The van der Waals surface area contributed by atoms with Crippen molar-refractivity contribution in [2.45, 2.75) is 53.1 Å². The van der Waals surface area contributed by atoms with Gasteiger partial charge in [0.2, 0.25) is 0 Å². The number of hydrogen-bond acceptors (Lipinski definition) is 3. The molecule has 29 heavy (non-hydrogen) atoms. The molecule has 0 atom stereocenters. The van der Waals surface area contributed by atoms with Gasteiger partial charge in [0, 0.05) is 30.2 Å². The topological polar surface area (TPSA) is 61.1 Å². The molecule has 1 aromatic carbocycles. The molecule has 2 heterocycles. The average molecular weight is 391 g/mol. The quantitative estimate of drug-likeness (QED) is 0.553. The van der Waals surface area contributed by atoms with Gasteiger partial charge in [0.1, 0.15) is 11.6 Å². The van der Waals surface area contributed by atoms with Gasteiger partial charge in [-0.05, 0) is 75.5 Å². The van der Waals surface area contributed by atoms with Crippen molar-refractivity contribution in [3.8, 4) is 6.07 Å². The maximum Gasteiger partial charge on any atom is 0.266 e. The summed E-state index contributed by atoms with van der Waals surface area (Å²) in [5.41, 5.74) is 5.14. The van der Waals surface area contributed by atoms with Gasteiger partial charge in [-0.3, -0.25) is 9.69 Å². The first kappa shape index (κ1) is 20.9. The minimum atomic E-state index is -0.360. The second kappa shape index (κ2) is 9.58. The number of nitriles is 1. The van der Waals surface area contributed by atoms with Gasteiger partial charge in [-0.25, -0.2) is 0 Å². The number of aromatic nitrogens is 1. The smallest absolute Gasteiger partial charge is 0.266 e. The Morgan fingerprint density at radius 2 is 1.97 bits per heavy atom. The average Bonchev–Trinajstić information content (AvgIpc) is 3.31. The van der Waals surface area contributed by atoms with Crippen LogP contribution in [0.2, 0.25) is 0 Å². The predicted molar refractivity (Wildman–Crippen MR) is 117 cm³/mol. The summed E-state index contributed by atoms with van der Waals surface area (Å²) in [5.74, 6) is -0.360. The van der Waals surface area contributed by atoms with Crippen LogP contribution in [0.15, 0.2) is 35.9 Å². The summed E-state index contributed by atoms with van der Waals surface area (Å²) >= 11 is 0. The van der Waals surface area contributed by atoms with E-state index in [-0.39, 0.29) is 11.5 Å². The lowest BCUT2D eigenvalue weighted by atomic mass is 10.1. The second-order valence-corrected chi connectivity index (χ2v) is 7.74. The van der Waals surface area contributed by atoms with Gasteiger partial charge in [-0.2, -0.15) is 5.26 Å². The first-order valence-corrected chi connectivity index (χ1v) is 10.4. The lowest BCUT2D eigenvalue weighted by Gasteiger charge is -2.17. The summed E-state index contributed by atoms with van der Waals surface area (Å²) in [5, 5.41) is 12.6. The van der Waals surface area contributed by atoms with Crippen molar-refractivity contribution in [2.24, 2.45) is 0 Å². The molecule has 0 aliphatic carbocycles. The van der Waals surface area contributed by atoms with Gasteiger partial charge in [-0.15, -0.1) is 0 Å². The standard InChI is InChI=1S/C24H30N4O/c1-4-11-28-18(2)14-21(19(28)3)15-22(16-25)24(29)26-23-10-6-5-9-20(23)17-27-12-7-8-13-27/h5-6,9-10,14-15H,4,7-8,11-13,17H2,1-3H3,(H,26,29)/b22-15+. The van der Waals surface area contributed by atoms with E-state index in [0.29, 0.717) is 0 Å². The molecule has 5 heteroatoms. The fourth-order valence-corrected chi connectivity index (χ4v) is 4.00. The Balaban J connectivity index is 1.80. The summed E-state index contributed by atoms with van der Waals surface area (Å²) in [6.45, 7) is 10.2. The third-order valence-corrected chi connectivity index (χ3v) is 5.58. The van der Waals surface area contributed by atoms with Gasteiger partial charge in [0.15, 0.2) is 0 Å². The number of amides is 1. The zero-order valence-corrected chi connectivity index (χ0v) is 17.7. The van der Waals surface area contributed by atoms with Crippen LogP contribution < -0.4 is 5.32 Å². The molecule has 152 valence electrons. The van der Waals surface area contributed by atoms with Crippen molar-refractivity contribution in [1.82, 2.24) is 9.47 Å². The molecule has 1 aliphatic heterocycles. The molecule has 0 spiro atoms. The molecule has 2 aromatic rings. The zero-order valence-electron chi connectivity index (χ0n) is 17.7. The maximum absolute atomic E-state index is 12.8. The highest BCUT2D eigenvalue weighted by Crippen LogP contribution is 2.22. The lowest BCUT2D eigenvalue weighted by molar-refractivity contribution is -0.112. The molecule has 0 unspecified atom stereocenters. The minimum Gasteiger partial charge on any atom is -0.349 e. The Kier molecular flexibility index (Phi) is 6.90. The van der Waals surface area contributed by atoms with E-state index in [1.54, 1.807) is 6.08 Å². The largest absolute Gasteiger partial charge is 0.349 e. The van der Waals surface area contributed by atoms with Crippen LogP contribution in [0.3, 0.4) is 0 Å². The Bertz CT molecular complexity index is 942. The highest BCUT2D eigenvalue weighted by Gasteiger charge is 2.17. The molecule has 1 aromatic heterocycles. The first-order valence-electron chi connectivity index (χ1n) is 10.4. The molecule has 1 N–H and O–H groups in total. The number of carbonyl (C=O) groups excluding carboxylic acids is 1. The van der Waals surface area contributed by atoms with Crippen LogP contribution in [-0.2, 0) is 17.9 Å². The Morgan fingerprint density at radius 1 is 1.24 bits per heavy atom. The van der Waals surface area contributed by atoms with E-state index >= 15 is 0 Å². The molecule has 1 amide bonds. The van der Waals surface area contributed by atoms with Gasteiger partial charge in [0.05, 0.1) is 0 Å². The summed E-state index contributed by atoms with van der Waals surface area (Å²) in [4.78, 5) is 15.2. The SMILES string of the molecule is CCCn1c(C)cc(/C=C(\C#N)C(=O)Nc2ccccc2CN2CCCC2)c1C. The van der Waals surface area contributed by atoms with Gasteiger partial charge >= 0.3 is 0 Å². The summed E-state index contributed by atoms with van der Waals surface area (Å²) in [6.07, 6.45) is 5.20. The molecule has 0 radical (unpaired) electrons. The number of likely N-dealkylation sites (tertiary alicyclic amines) is 1. The van der Waals surface area contributed by atoms with Crippen LogP contribution in [0.25, 0.3) is 6.08 Å². The van der Waals surface area contributed by atoms with Crippen molar-refractivity contribution in [3.05, 3.63) is 58.4 Å². The van der Waals surface area contributed by atoms with Gasteiger partial charge in [0.25, 0.3) is 5.91 Å². The number of anilines is 1. The third-order valence-electron chi connectivity index (χ3n) is 5.58. The van der Waals surface area contributed by atoms with Crippen LogP contribution >= 0.6 is 0 Å². The van der Waals surface area contributed by atoms with E-state index in [1.165, 1.54) is 12.8 Å². The number of para-hydroxylation sites is 1. The van der Waals surface area contributed by atoms with E-state index in [2.05, 4.69) is 34.7 Å². The zero-order chi connectivity index (χ0) is 20.8. The van der Waals surface area contributed by atoms with E-state index in [4.69, 9.17) is 0 Å². The molecule has 5 nitrogen and oxygen atoms in total. The Hall–Kier alpha value is -2.84. The second-order valence-electron chi connectivity index (χ2n) is 7.74. The van der Waals surface area contributed by atoms with Crippen LogP contribution in [0, 0.1) is 25.2 Å². The van der Waals surface area contributed by atoms with Gasteiger partial charge < -0.3 is 9.88 Å². The number of aryl methyl sites for hydroxylation is 1. The number of hydrogen-bond donors (Lipinski definition) is 1. The van der Waals surface area contributed by atoms with Gasteiger partial charge in [-0.1, -0.05) is 25.1 Å². The fraction of sp³-hybridized carbons (Fsp3) is 0.417. The summed E-state index contributed by atoms with van der Waals surface area (Å²) in [6, 6.07) is 12.0. The van der Waals surface area contributed by atoms with Crippen LogP contribution in [0.5, 0.6) is 0 Å². The highest BCUT2D eigenvalue weighted by atomic mass is 16.1. The van der Waals surface area contributed by atoms with E-state index < -0.39 is 0 Å². The van der Waals surface area contributed by atoms with Crippen molar-refractivity contribution in [3.63, 3.8) is 0 Å². The molecular weight excluding hydrogens is 360 g/mol. The van der Waals surface area contributed by atoms with E-state index in [0.717, 1.165) is 60.8 Å². The highest BCUT2D eigenvalue weighted by molar-refractivity contribution is 6.10. The molecule has 1 aliphatic rings. The minimum absolute atomic E-state index is 0.123. The summed E-state index contributed by atoms with van der Waals surface area (Å²) < 4.78 is 2.23. The first-order chi connectivity index (χ1) is 14.0. The van der Waals surface area contributed by atoms with Crippen LogP contribution in [0.4, 0.5) is 5.69 Å². The summed E-state index contributed by atoms with van der Waals surface area (Å²) in [7, 11) is 0. The number of rotatable bonds is 7. The van der Waals surface area contributed by atoms with Crippen LogP contribution in [-0.4, -0.2) is 28.5 Å². The molecule has 0 saturated carbocycles. The maximum atomic E-state index is 12.8.